The quantitative estimate of drug-likeness (QED) is 0.587. The summed E-state index contributed by atoms with van der Waals surface area (Å²) >= 11 is 0. The molecule has 0 unspecified atom stereocenters. The molecule has 0 aliphatic carbocycles. The van der Waals surface area contributed by atoms with E-state index in [2.05, 4.69) is 20.5 Å². The van der Waals surface area contributed by atoms with Crippen molar-refractivity contribution in [1.29, 1.82) is 0 Å². The molecule has 0 bridgehead atoms. The Bertz CT molecular complexity index is 1060. The third-order valence-electron chi connectivity index (χ3n) is 5.00. The Hall–Kier alpha value is -3.65. The van der Waals surface area contributed by atoms with Crippen LogP contribution in [0.4, 0.5) is 20.7 Å². The first kappa shape index (κ1) is 21.6. The Morgan fingerprint density at radius 3 is 2.78 bits per heavy atom. The number of rotatable bonds is 7. The number of nitrogens with one attached hydrogen (secondary N) is 2. The molecule has 8 heteroatoms. The van der Waals surface area contributed by atoms with Gasteiger partial charge >= 0.3 is 6.03 Å². The van der Waals surface area contributed by atoms with Crippen molar-refractivity contribution >= 4 is 17.5 Å². The minimum Gasteiger partial charge on any atom is -0.489 e. The van der Waals surface area contributed by atoms with Crippen LogP contribution in [-0.4, -0.2) is 37.3 Å². The molecule has 0 radical (unpaired) electrons. The number of nitrogens with zero attached hydrogens (tertiary/aromatic N) is 2. The van der Waals surface area contributed by atoms with Gasteiger partial charge in [0, 0.05) is 43.1 Å². The van der Waals surface area contributed by atoms with Gasteiger partial charge in [-0.25, -0.2) is 14.2 Å². The molecule has 0 saturated carbocycles. The van der Waals surface area contributed by atoms with Gasteiger partial charge in [-0.05, 0) is 35.9 Å². The maximum Gasteiger partial charge on any atom is 0.319 e. The van der Waals surface area contributed by atoms with E-state index >= 15 is 0 Å². The van der Waals surface area contributed by atoms with Crippen molar-refractivity contribution in [3.05, 3.63) is 83.8 Å². The zero-order valence-corrected chi connectivity index (χ0v) is 17.6. The number of carbonyl (C=O) groups excluding carboxylic acids is 1. The molecule has 166 valence electrons. The minimum atomic E-state index is -0.330. The van der Waals surface area contributed by atoms with Crippen molar-refractivity contribution in [3.63, 3.8) is 0 Å². The molecule has 4 rings (SSSR count). The first-order valence-corrected chi connectivity index (χ1v) is 10.5. The normalized spacial score (nSPS) is 13.5. The summed E-state index contributed by atoms with van der Waals surface area (Å²) in [6, 6.07) is 16.8. The van der Waals surface area contributed by atoms with Crippen LogP contribution in [0.2, 0.25) is 0 Å². The highest BCUT2D eigenvalue weighted by Crippen LogP contribution is 2.20. The highest BCUT2D eigenvalue weighted by atomic mass is 19.1. The highest BCUT2D eigenvalue weighted by Gasteiger charge is 2.16. The van der Waals surface area contributed by atoms with Crippen molar-refractivity contribution in [1.82, 2.24) is 10.3 Å². The third kappa shape index (κ3) is 5.95. The summed E-state index contributed by atoms with van der Waals surface area (Å²) in [6.07, 6.45) is 1.75. The fraction of sp³-hybridized carbons (Fsp3) is 0.250. The molecule has 0 atom stereocenters. The van der Waals surface area contributed by atoms with E-state index in [1.807, 2.05) is 12.1 Å². The number of benzene rings is 2. The van der Waals surface area contributed by atoms with E-state index in [0.717, 1.165) is 30.0 Å². The number of hydrogen-bond acceptors (Lipinski definition) is 5. The lowest BCUT2D eigenvalue weighted by Crippen LogP contribution is -2.38. The van der Waals surface area contributed by atoms with Gasteiger partial charge in [-0.3, -0.25) is 0 Å². The Morgan fingerprint density at radius 2 is 1.94 bits per heavy atom. The first-order valence-electron chi connectivity index (χ1n) is 10.5. The van der Waals surface area contributed by atoms with Gasteiger partial charge in [0.2, 0.25) is 0 Å². The average Bonchev–Trinajstić information content (AvgIpc) is 2.82. The summed E-state index contributed by atoms with van der Waals surface area (Å²) in [6.45, 7) is 3.47. The highest BCUT2D eigenvalue weighted by molar-refractivity contribution is 5.89. The number of ether oxygens (including phenoxy) is 2. The average molecular weight is 436 g/mol. The van der Waals surface area contributed by atoms with Gasteiger partial charge in [0.05, 0.1) is 13.2 Å². The predicted molar refractivity (Wildman–Crippen MR) is 120 cm³/mol. The molecular weight excluding hydrogens is 411 g/mol. The fourth-order valence-electron chi connectivity index (χ4n) is 3.44. The van der Waals surface area contributed by atoms with E-state index in [1.54, 1.807) is 42.6 Å². The van der Waals surface area contributed by atoms with E-state index in [-0.39, 0.29) is 18.5 Å². The topological polar surface area (TPSA) is 75.7 Å². The van der Waals surface area contributed by atoms with Crippen molar-refractivity contribution < 1.29 is 18.7 Å². The molecular formula is C24H25FN4O3. The molecule has 2 amide bonds. The molecule has 1 aromatic heterocycles. The van der Waals surface area contributed by atoms with Crippen molar-refractivity contribution in [2.45, 2.75) is 13.2 Å². The molecule has 7 nitrogen and oxygen atoms in total. The number of morpholine rings is 1. The van der Waals surface area contributed by atoms with E-state index in [4.69, 9.17) is 9.47 Å². The van der Waals surface area contributed by atoms with E-state index in [9.17, 15) is 9.18 Å². The van der Waals surface area contributed by atoms with Gasteiger partial charge in [-0.2, -0.15) is 0 Å². The largest absolute Gasteiger partial charge is 0.489 e. The molecule has 1 aliphatic heterocycles. The van der Waals surface area contributed by atoms with Gasteiger partial charge in [-0.15, -0.1) is 0 Å². The SMILES string of the molecule is O=C(NCc1cccnc1N1CCOCC1)Nc1cccc(OCc2cccc(F)c2)c1. The predicted octanol–water partition coefficient (Wildman–Crippen LogP) is 3.96. The summed E-state index contributed by atoms with van der Waals surface area (Å²) in [7, 11) is 0. The van der Waals surface area contributed by atoms with Crippen LogP contribution in [0.3, 0.4) is 0 Å². The van der Waals surface area contributed by atoms with Gasteiger partial charge in [0.15, 0.2) is 0 Å². The summed E-state index contributed by atoms with van der Waals surface area (Å²) in [5.74, 6) is 1.14. The lowest BCUT2D eigenvalue weighted by molar-refractivity contribution is 0.122. The molecule has 1 fully saturated rings. The smallest absolute Gasteiger partial charge is 0.319 e. The second-order valence-electron chi connectivity index (χ2n) is 7.34. The van der Waals surface area contributed by atoms with Crippen LogP contribution in [0, 0.1) is 5.82 Å². The van der Waals surface area contributed by atoms with Crippen LogP contribution < -0.4 is 20.3 Å². The van der Waals surface area contributed by atoms with Crippen LogP contribution >= 0.6 is 0 Å². The van der Waals surface area contributed by atoms with Gasteiger partial charge < -0.3 is 25.0 Å². The zero-order valence-electron chi connectivity index (χ0n) is 17.6. The van der Waals surface area contributed by atoms with Crippen molar-refractivity contribution in [2.24, 2.45) is 0 Å². The van der Waals surface area contributed by atoms with Crippen molar-refractivity contribution in [3.8, 4) is 5.75 Å². The molecule has 1 aliphatic rings. The fourth-order valence-corrected chi connectivity index (χ4v) is 3.44. The third-order valence-corrected chi connectivity index (χ3v) is 5.00. The lowest BCUT2D eigenvalue weighted by atomic mass is 10.2. The molecule has 2 aromatic carbocycles. The Morgan fingerprint density at radius 1 is 1.09 bits per heavy atom. The number of amides is 2. The number of halogens is 1. The van der Waals surface area contributed by atoms with E-state index < -0.39 is 0 Å². The Kier molecular flexibility index (Phi) is 7.14. The Labute approximate surface area is 186 Å². The number of pyridine rings is 1. The van der Waals surface area contributed by atoms with Gasteiger partial charge in [-0.1, -0.05) is 24.3 Å². The number of hydrogen-bond donors (Lipinski definition) is 2. The number of anilines is 2. The van der Waals surface area contributed by atoms with Crippen molar-refractivity contribution in [2.75, 3.05) is 36.5 Å². The lowest BCUT2D eigenvalue weighted by Gasteiger charge is -2.29. The minimum absolute atomic E-state index is 0.235. The maximum absolute atomic E-state index is 13.3. The van der Waals surface area contributed by atoms with Crippen LogP contribution in [0.25, 0.3) is 0 Å². The van der Waals surface area contributed by atoms with E-state index in [0.29, 0.717) is 31.2 Å². The molecule has 2 heterocycles. The number of carbonyl (C=O) groups is 1. The van der Waals surface area contributed by atoms with Gasteiger partial charge in [0.1, 0.15) is 24.0 Å². The summed E-state index contributed by atoms with van der Waals surface area (Å²) in [5.41, 5.74) is 2.27. The molecule has 2 N–H and O–H groups in total. The van der Waals surface area contributed by atoms with Crippen LogP contribution in [-0.2, 0) is 17.9 Å². The monoisotopic (exact) mass is 436 g/mol. The zero-order chi connectivity index (χ0) is 22.2. The second-order valence-corrected chi connectivity index (χ2v) is 7.34. The molecule has 32 heavy (non-hydrogen) atoms. The van der Waals surface area contributed by atoms with E-state index in [1.165, 1.54) is 12.1 Å². The maximum atomic E-state index is 13.3. The summed E-state index contributed by atoms with van der Waals surface area (Å²) in [4.78, 5) is 19.1. The van der Waals surface area contributed by atoms with Crippen LogP contribution in [0.5, 0.6) is 5.75 Å². The first-order chi connectivity index (χ1) is 15.7. The molecule has 0 spiro atoms. The Balaban J connectivity index is 1.31. The van der Waals surface area contributed by atoms with Crippen LogP contribution in [0.1, 0.15) is 11.1 Å². The summed E-state index contributed by atoms with van der Waals surface area (Å²) < 4.78 is 24.4. The standard InChI is InChI=1S/C24H25FN4O3/c25-20-6-1-4-18(14-20)17-32-22-8-2-7-21(15-22)28-24(30)27-16-19-5-3-9-26-23(19)29-10-12-31-13-11-29/h1-9,14-15H,10-13,16-17H2,(H2,27,28,30). The number of aromatic nitrogens is 1. The molecule has 1 saturated heterocycles. The second kappa shape index (κ2) is 10.6. The van der Waals surface area contributed by atoms with Gasteiger partial charge in [0.25, 0.3) is 0 Å². The molecule has 3 aromatic rings. The summed E-state index contributed by atoms with van der Waals surface area (Å²) in [5, 5.41) is 5.69. The number of urea groups is 1. The van der Waals surface area contributed by atoms with Crippen LogP contribution in [0.15, 0.2) is 66.9 Å².